The van der Waals surface area contributed by atoms with Gasteiger partial charge in [0.15, 0.2) is 5.78 Å². The van der Waals surface area contributed by atoms with Gasteiger partial charge < -0.3 is 5.11 Å². The van der Waals surface area contributed by atoms with Gasteiger partial charge in [-0.3, -0.25) is 4.79 Å². The standard InChI is InChI=1S/C13H15FO2/c1-7(2)5-10-8(3)12(14)6-11(9(4)15)13(10)16/h6,16H,1,5H2,2-4H3. The highest BCUT2D eigenvalue weighted by Crippen LogP contribution is 2.30. The number of hydrogen-bond donors (Lipinski definition) is 1. The lowest BCUT2D eigenvalue weighted by molar-refractivity contribution is 0.101. The number of allylic oxidation sites excluding steroid dienone is 1. The van der Waals surface area contributed by atoms with Crippen molar-refractivity contribution in [2.75, 3.05) is 0 Å². The highest BCUT2D eigenvalue weighted by Gasteiger charge is 2.17. The zero-order chi connectivity index (χ0) is 12.5. The van der Waals surface area contributed by atoms with Crippen molar-refractivity contribution < 1.29 is 14.3 Å². The predicted octanol–water partition coefficient (Wildman–Crippen LogP) is 3.16. The summed E-state index contributed by atoms with van der Waals surface area (Å²) in [5.74, 6) is -0.951. The summed E-state index contributed by atoms with van der Waals surface area (Å²) in [4.78, 5) is 11.2. The van der Waals surface area contributed by atoms with Gasteiger partial charge in [0.2, 0.25) is 0 Å². The second-order valence-corrected chi connectivity index (χ2v) is 4.05. The lowest BCUT2D eigenvalue weighted by Crippen LogP contribution is -2.02. The lowest BCUT2D eigenvalue weighted by Gasteiger charge is -2.12. The van der Waals surface area contributed by atoms with E-state index < -0.39 is 5.82 Å². The van der Waals surface area contributed by atoms with Crippen LogP contribution in [0.4, 0.5) is 4.39 Å². The number of benzene rings is 1. The number of halogens is 1. The molecule has 1 rings (SSSR count). The van der Waals surface area contributed by atoms with Crippen LogP contribution in [0.5, 0.6) is 5.75 Å². The van der Waals surface area contributed by atoms with Crippen LogP contribution in [-0.2, 0) is 6.42 Å². The number of hydrogen-bond acceptors (Lipinski definition) is 2. The molecule has 1 N–H and O–H groups in total. The predicted molar refractivity (Wildman–Crippen MR) is 61.3 cm³/mol. The zero-order valence-corrected chi connectivity index (χ0v) is 9.72. The van der Waals surface area contributed by atoms with Gasteiger partial charge in [0.05, 0.1) is 5.56 Å². The average Bonchev–Trinajstić information content (AvgIpc) is 2.17. The Morgan fingerprint density at radius 1 is 1.50 bits per heavy atom. The molecule has 0 unspecified atom stereocenters. The number of carbonyl (C=O) groups is 1. The molecule has 0 heterocycles. The third-order valence-corrected chi connectivity index (χ3v) is 2.48. The van der Waals surface area contributed by atoms with Crippen molar-refractivity contribution in [2.45, 2.75) is 27.2 Å². The van der Waals surface area contributed by atoms with Gasteiger partial charge in [-0.2, -0.15) is 0 Å². The quantitative estimate of drug-likeness (QED) is 0.630. The molecule has 3 heteroatoms. The van der Waals surface area contributed by atoms with Crippen LogP contribution in [0.3, 0.4) is 0 Å². The summed E-state index contributed by atoms with van der Waals surface area (Å²) >= 11 is 0. The third kappa shape index (κ3) is 2.30. The molecule has 0 aliphatic heterocycles. The molecule has 1 aromatic carbocycles. The molecule has 0 spiro atoms. The number of phenolic OH excluding ortho intramolecular Hbond substituents is 1. The molecular formula is C13H15FO2. The Morgan fingerprint density at radius 3 is 2.50 bits per heavy atom. The van der Waals surface area contributed by atoms with Gasteiger partial charge >= 0.3 is 0 Å². The summed E-state index contributed by atoms with van der Waals surface area (Å²) in [7, 11) is 0. The summed E-state index contributed by atoms with van der Waals surface area (Å²) in [6.07, 6.45) is 0.371. The summed E-state index contributed by atoms with van der Waals surface area (Å²) in [6.45, 7) is 8.39. The molecule has 0 aromatic heterocycles. The molecule has 0 saturated carbocycles. The number of ketones is 1. The molecule has 1 aromatic rings. The summed E-state index contributed by atoms with van der Waals surface area (Å²) in [6, 6.07) is 1.08. The van der Waals surface area contributed by atoms with Gasteiger partial charge in [-0.05, 0) is 38.8 Å². The van der Waals surface area contributed by atoms with E-state index >= 15 is 0 Å². The molecule has 0 fully saturated rings. The summed E-state index contributed by atoms with van der Waals surface area (Å²) in [5.41, 5.74) is 1.64. The van der Waals surface area contributed by atoms with Gasteiger partial charge in [0, 0.05) is 5.56 Å². The minimum absolute atomic E-state index is 0.0272. The first-order valence-electron chi connectivity index (χ1n) is 5.00. The Bertz CT molecular complexity index is 461. The third-order valence-electron chi connectivity index (χ3n) is 2.48. The van der Waals surface area contributed by atoms with E-state index in [0.29, 0.717) is 17.5 Å². The first-order chi connectivity index (χ1) is 7.34. The second-order valence-electron chi connectivity index (χ2n) is 4.05. The first kappa shape index (κ1) is 12.4. The van der Waals surface area contributed by atoms with E-state index in [0.717, 1.165) is 11.6 Å². The van der Waals surface area contributed by atoms with E-state index in [1.54, 1.807) is 13.8 Å². The van der Waals surface area contributed by atoms with Crippen LogP contribution in [0.1, 0.15) is 35.3 Å². The van der Waals surface area contributed by atoms with Gasteiger partial charge in [-0.1, -0.05) is 12.2 Å². The fourth-order valence-electron chi connectivity index (χ4n) is 1.57. The van der Waals surface area contributed by atoms with Crippen LogP contribution in [0.2, 0.25) is 0 Å². The van der Waals surface area contributed by atoms with Crippen LogP contribution < -0.4 is 0 Å². The van der Waals surface area contributed by atoms with Crippen molar-refractivity contribution in [3.63, 3.8) is 0 Å². The largest absolute Gasteiger partial charge is 0.507 e. The minimum Gasteiger partial charge on any atom is -0.507 e. The van der Waals surface area contributed by atoms with E-state index in [1.807, 2.05) is 0 Å². The molecule has 0 aliphatic carbocycles. The first-order valence-corrected chi connectivity index (χ1v) is 5.00. The van der Waals surface area contributed by atoms with Crippen molar-refractivity contribution in [3.05, 3.63) is 40.7 Å². The van der Waals surface area contributed by atoms with Crippen molar-refractivity contribution in [1.82, 2.24) is 0 Å². The van der Waals surface area contributed by atoms with E-state index in [4.69, 9.17) is 0 Å². The van der Waals surface area contributed by atoms with Crippen LogP contribution in [0.15, 0.2) is 18.2 Å². The van der Waals surface area contributed by atoms with Gasteiger partial charge in [-0.15, -0.1) is 0 Å². The van der Waals surface area contributed by atoms with Gasteiger partial charge in [0.25, 0.3) is 0 Å². The van der Waals surface area contributed by atoms with Crippen LogP contribution in [0.25, 0.3) is 0 Å². The Morgan fingerprint density at radius 2 is 2.06 bits per heavy atom. The summed E-state index contributed by atoms with van der Waals surface area (Å²) < 4.78 is 13.5. The lowest BCUT2D eigenvalue weighted by atomic mass is 9.96. The molecule has 16 heavy (non-hydrogen) atoms. The maximum absolute atomic E-state index is 13.5. The van der Waals surface area contributed by atoms with Crippen molar-refractivity contribution in [1.29, 1.82) is 0 Å². The monoisotopic (exact) mass is 222 g/mol. The molecule has 0 atom stereocenters. The molecule has 0 saturated heterocycles. The molecule has 86 valence electrons. The second kappa shape index (κ2) is 4.47. The van der Waals surface area contributed by atoms with Crippen LogP contribution in [-0.4, -0.2) is 10.9 Å². The molecule has 2 nitrogen and oxygen atoms in total. The molecule has 0 amide bonds. The van der Waals surface area contributed by atoms with E-state index in [-0.39, 0.29) is 17.1 Å². The van der Waals surface area contributed by atoms with Crippen molar-refractivity contribution in [2.24, 2.45) is 0 Å². The molecule has 0 radical (unpaired) electrons. The van der Waals surface area contributed by atoms with Gasteiger partial charge in [0.1, 0.15) is 11.6 Å². The van der Waals surface area contributed by atoms with E-state index in [9.17, 15) is 14.3 Å². The van der Waals surface area contributed by atoms with Crippen LogP contribution >= 0.6 is 0 Å². The number of carbonyl (C=O) groups excluding carboxylic acids is 1. The Kier molecular flexibility index (Phi) is 3.48. The SMILES string of the molecule is C=C(C)Cc1c(C)c(F)cc(C(C)=O)c1O. The topological polar surface area (TPSA) is 37.3 Å². The number of phenols is 1. The Hall–Kier alpha value is -1.64. The Labute approximate surface area is 94.4 Å². The molecule has 0 aliphatic rings. The molecular weight excluding hydrogens is 207 g/mol. The highest BCUT2D eigenvalue weighted by atomic mass is 19.1. The molecule has 0 bridgehead atoms. The highest BCUT2D eigenvalue weighted by molar-refractivity contribution is 5.97. The number of aromatic hydroxyl groups is 1. The van der Waals surface area contributed by atoms with E-state index in [1.165, 1.54) is 6.92 Å². The summed E-state index contributed by atoms with van der Waals surface area (Å²) in [5, 5.41) is 9.88. The number of Topliss-reactive ketones (excluding diaryl/α,β-unsaturated/α-hetero) is 1. The maximum atomic E-state index is 13.5. The van der Waals surface area contributed by atoms with Crippen molar-refractivity contribution >= 4 is 5.78 Å². The fraction of sp³-hybridized carbons (Fsp3) is 0.308. The zero-order valence-electron chi connectivity index (χ0n) is 9.72. The minimum atomic E-state index is -0.473. The van der Waals surface area contributed by atoms with E-state index in [2.05, 4.69) is 6.58 Å². The van der Waals surface area contributed by atoms with Crippen LogP contribution in [0, 0.1) is 12.7 Å². The number of rotatable bonds is 3. The Balaban J connectivity index is 3.45. The average molecular weight is 222 g/mol. The van der Waals surface area contributed by atoms with Crippen molar-refractivity contribution in [3.8, 4) is 5.75 Å². The maximum Gasteiger partial charge on any atom is 0.163 e. The normalized spacial score (nSPS) is 10.2. The fourth-order valence-corrected chi connectivity index (χ4v) is 1.57. The van der Waals surface area contributed by atoms with Gasteiger partial charge in [-0.25, -0.2) is 4.39 Å². The smallest absolute Gasteiger partial charge is 0.163 e.